The Hall–Kier alpha value is -0.900. The Kier molecular flexibility index (Phi) is 2.10. The van der Waals surface area contributed by atoms with Crippen molar-refractivity contribution in [2.75, 3.05) is 0 Å². The first-order chi connectivity index (χ1) is 8.35. The van der Waals surface area contributed by atoms with Gasteiger partial charge in [-0.05, 0) is 55.8 Å². The average molecular weight is 232 g/mol. The molecule has 0 spiro atoms. The highest BCUT2D eigenvalue weighted by Crippen LogP contribution is 2.59. The highest BCUT2D eigenvalue weighted by molar-refractivity contribution is 5.20. The van der Waals surface area contributed by atoms with Crippen molar-refractivity contribution in [3.8, 4) is 0 Å². The Morgan fingerprint density at radius 3 is 2.24 bits per heavy atom. The molecule has 0 atom stereocenters. The SMILES string of the molecule is NCc1n[nH]nc1C1C2CC3CC(C2)CC1C3. The fraction of sp³-hybridized carbons (Fsp3) is 0.846. The first-order valence-electron chi connectivity index (χ1n) is 6.94. The maximum Gasteiger partial charge on any atom is 0.0995 e. The van der Waals surface area contributed by atoms with Crippen molar-refractivity contribution in [3.05, 3.63) is 11.4 Å². The van der Waals surface area contributed by atoms with Crippen molar-refractivity contribution in [1.82, 2.24) is 15.4 Å². The van der Waals surface area contributed by atoms with Gasteiger partial charge in [0.25, 0.3) is 0 Å². The van der Waals surface area contributed by atoms with Gasteiger partial charge < -0.3 is 5.73 Å². The molecular weight excluding hydrogens is 212 g/mol. The van der Waals surface area contributed by atoms with E-state index in [1.54, 1.807) is 0 Å². The molecule has 4 saturated carbocycles. The van der Waals surface area contributed by atoms with Crippen LogP contribution in [0.1, 0.15) is 49.4 Å². The van der Waals surface area contributed by atoms with Gasteiger partial charge in [0, 0.05) is 12.5 Å². The van der Waals surface area contributed by atoms with Gasteiger partial charge >= 0.3 is 0 Å². The summed E-state index contributed by atoms with van der Waals surface area (Å²) in [7, 11) is 0. The van der Waals surface area contributed by atoms with E-state index in [1.165, 1.54) is 37.8 Å². The molecule has 0 amide bonds. The molecule has 0 radical (unpaired) electrons. The second-order valence-electron chi connectivity index (χ2n) is 6.32. The van der Waals surface area contributed by atoms with Gasteiger partial charge in [-0.1, -0.05) is 0 Å². The fourth-order valence-electron chi connectivity index (χ4n) is 5.05. The van der Waals surface area contributed by atoms with E-state index in [2.05, 4.69) is 15.4 Å². The monoisotopic (exact) mass is 232 g/mol. The van der Waals surface area contributed by atoms with Gasteiger partial charge in [0.05, 0.1) is 11.4 Å². The lowest BCUT2D eigenvalue weighted by atomic mass is 9.51. The van der Waals surface area contributed by atoms with Crippen LogP contribution < -0.4 is 5.73 Å². The summed E-state index contributed by atoms with van der Waals surface area (Å²) in [4.78, 5) is 0. The maximum atomic E-state index is 5.77. The number of rotatable bonds is 2. The van der Waals surface area contributed by atoms with E-state index in [-0.39, 0.29) is 0 Å². The van der Waals surface area contributed by atoms with Crippen molar-refractivity contribution in [2.24, 2.45) is 29.4 Å². The molecule has 4 fully saturated rings. The van der Waals surface area contributed by atoms with Crippen LogP contribution in [-0.4, -0.2) is 15.4 Å². The summed E-state index contributed by atoms with van der Waals surface area (Å²) in [6, 6.07) is 0. The molecule has 5 rings (SSSR count). The molecule has 1 aromatic rings. The van der Waals surface area contributed by atoms with Crippen LogP contribution in [0.3, 0.4) is 0 Å². The van der Waals surface area contributed by atoms with Crippen LogP contribution in [0.25, 0.3) is 0 Å². The molecular formula is C13H20N4. The smallest absolute Gasteiger partial charge is 0.0995 e. The summed E-state index contributed by atoms with van der Waals surface area (Å²) in [5, 5.41) is 11.4. The van der Waals surface area contributed by atoms with Crippen LogP contribution in [0, 0.1) is 23.7 Å². The van der Waals surface area contributed by atoms with Gasteiger partial charge in [0.2, 0.25) is 0 Å². The largest absolute Gasteiger partial charge is 0.325 e. The van der Waals surface area contributed by atoms with Gasteiger partial charge in [-0.15, -0.1) is 0 Å². The fourth-order valence-corrected chi connectivity index (χ4v) is 5.05. The molecule has 4 aliphatic rings. The molecule has 0 saturated heterocycles. The van der Waals surface area contributed by atoms with E-state index in [0.717, 1.165) is 29.4 Å². The molecule has 0 aromatic carbocycles. The molecule has 4 aliphatic carbocycles. The second-order valence-corrected chi connectivity index (χ2v) is 6.32. The summed E-state index contributed by atoms with van der Waals surface area (Å²) in [6.45, 7) is 0.522. The Balaban J connectivity index is 1.70. The van der Waals surface area contributed by atoms with Crippen molar-refractivity contribution < 1.29 is 0 Å². The molecule has 0 aliphatic heterocycles. The normalized spacial score (nSPS) is 43.2. The van der Waals surface area contributed by atoms with E-state index < -0.39 is 0 Å². The summed E-state index contributed by atoms with van der Waals surface area (Å²) >= 11 is 0. The average Bonchev–Trinajstić information content (AvgIpc) is 2.75. The number of hydrogen-bond acceptors (Lipinski definition) is 3. The zero-order valence-electron chi connectivity index (χ0n) is 10.1. The predicted octanol–water partition coefficient (Wildman–Crippen LogP) is 1.80. The number of H-pyrrole nitrogens is 1. The molecule has 4 nitrogen and oxygen atoms in total. The van der Waals surface area contributed by atoms with Gasteiger partial charge in [0.1, 0.15) is 0 Å². The summed E-state index contributed by atoms with van der Waals surface area (Å²) in [6.07, 6.45) is 7.20. The number of aromatic amines is 1. The summed E-state index contributed by atoms with van der Waals surface area (Å²) in [5.41, 5.74) is 7.96. The lowest BCUT2D eigenvalue weighted by molar-refractivity contribution is -0.00446. The van der Waals surface area contributed by atoms with Crippen LogP contribution in [0.15, 0.2) is 0 Å². The van der Waals surface area contributed by atoms with Gasteiger partial charge in [-0.2, -0.15) is 15.4 Å². The Morgan fingerprint density at radius 1 is 1.00 bits per heavy atom. The molecule has 4 bridgehead atoms. The van der Waals surface area contributed by atoms with E-state index in [4.69, 9.17) is 5.73 Å². The number of nitrogens with zero attached hydrogens (tertiary/aromatic N) is 2. The van der Waals surface area contributed by atoms with E-state index in [1.807, 2.05) is 0 Å². The van der Waals surface area contributed by atoms with Crippen molar-refractivity contribution in [1.29, 1.82) is 0 Å². The highest BCUT2D eigenvalue weighted by Gasteiger charge is 2.49. The minimum Gasteiger partial charge on any atom is -0.325 e. The molecule has 3 N–H and O–H groups in total. The van der Waals surface area contributed by atoms with Gasteiger partial charge in [0.15, 0.2) is 0 Å². The predicted molar refractivity (Wildman–Crippen MR) is 64.1 cm³/mol. The highest BCUT2D eigenvalue weighted by atomic mass is 15.3. The lowest BCUT2D eigenvalue weighted by Gasteiger charge is -2.54. The maximum absolute atomic E-state index is 5.77. The topological polar surface area (TPSA) is 67.6 Å². The number of nitrogens with one attached hydrogen (secondary N) is 1. The third kappa shape index (κ3) is 1.39. The molecule has 92 valence electrons. The van der Waals surface area contributed by atoms with Crippen molar-refractivity contribution in [2.45, 2.75) is 44.6 Å². The first kappa shape index (κ1) is 10.1. The van der Waals surface area contributed by atoms with E-state index in [9.17, 15) is 0 Å². The zero-order valence-corrected chi connectivity index (χ0v) is 10.1. The van der Waals surface area contributed by atoms with Crippen molar-refractivity contribution in [3.63, 3.8) is 0 Å². The van der Waals surface area contributed by atoms with Crippen molar-refractivity contribution >= 4 is 0 Å². The minimum atomic E-state index is 0.522. The van der Waals surface area contributed by atoms with E-state index in [0.29, 0.717) is 12.5 Å². The van der Waals surface area contributed by atoms with Crippen LogP contribution in [0.4, 0.5) is 0 Å². The van der Waals surface area contributed by atoms with Crippen LogP contribution in [-0.2, 0) is 6.54 Å². The number of aromatic nitrogens is 3. The Labute approximate surface area is 101 Å². The number of hydrogen-bond donors (Lipinski definition) is 2. The molecule has 17 heavy (non-hydrogen) atoms. The van der Waals surface area contributed by atoms with Crippen LogP contribution in [0.2, 0.25) is 0 Å². The minimum absolute atomic E-state index is 0.522. The molecule has 4 heteroatoms. The number of nitrogens with two attached hydrogens (primary N) is 1. The van der Waals surface area contributed by atoms with Crippen LogP contribution >= 0.6 is 0 Å². The summed E-state index contributed by atoms with van der Waals surface area (Å²) < 4.78 is 0. The first-order valence-corrected chi connectivity index (χ1v) is 6.94. The third-order valence-electron chi connectivity index (χ3n) is 5.39. The zero-order chi connectivity index (χ0) is 11.4. The van der Waals surface area contributed by atoms with Crippen LogP contribution in [0.5, 0.6) is 0 Å². The third-order valence-corrected chi connectivity index (χ3v) is 5.39. The lowest BCUT2D eigenvalue weighted by Crippen LogP contribution is -2.44. The summed E-state index contributed by atoms with van der Waals surface area (Å²) in [5.74, 6) is 4.41. The van der Waals surface area contributed by atoms with Gasteiger partial charge in [-0.25, -0.2) is 0 Å². The standard InChI is InChI=1S/C13H20N4/c14-6-11-13(16-17-15-11)12-9-2-7-1-8(4-9)5-10(12)3-7/h7-10,12H,1-6,14H2,(H,15,16,17). The van der Waals surface area contributed by atoms with E-state index >= 15 is 0 Å². The van der Waals surface area contributed by atoms with Gasteiger partial charge in [-0.3, -0.25) is 0 Å². The quantitative estimate of drug-likeness (QED) is 0.817. The Morgan fingerprint density at radius 2 is 1.65 bits per heavy atom. The second kappa shape index (κ2) is 3.55. The molecule has 0 unspecified atom stereocenters. The molecule has 1 heterocycles. The Bertz CT molecular complexity index is 397. The molecule has 1 aromatic heterocycles.